The Bertz CT molecular complexity index is 746. The maximum absolute atomic E-state index is 5.45. The Hall–Kier alpha value is -1.23. The molecule has 0 spiro atoms. The summed E-state index contributed by atoms with van der Waals surface area (Å²) in [7, 11) is 0. The van der Waals surface area contributed by atoms with Gasteiger partial charge in [-0.3, -0.25) is 4.90 Å². The minimum atomic E-state index is 0. The van der Waals surface area contributed by atoms with Crippen LogP contribution in [0.4, 0.5) is 0 Å². The lowest BCUT2D eigenvalue weighted by atomic mass is 10.1. The summed E-state index contributed by atoms with van der Waals surface area (Å²) in [5, 5.41) is 7.82. The molecular weight excluding hydrogens is 485 g/mol. The highest BCUT2D eigenvalue weighted by molar-refractivity contribution is 14.0. The first-order chi connectivity index (χ1) is 13.2. The van der Waals surface area contributed by atoms with Gasteiger partial charge in [0, 0.05) is 37.3 Å². The Kier molecular flexibility index (Phi) is 10.2. The van der Waals surface area contributed by atoms with Gasteiger partial charge in [-0.05, 0) is 25.0 Å². The van der Waals surface area contributed by atoms with Crippen LogP contribution < -0.4 is 10.6 Å². The van der Waals surface area contributed by atoms with E-state index in [-0.39, 0.29) is 24.0 Å². The van der Waals surface area contributed by atoms with E-state index in [1.54, 1.807) is 11.3 Å². The van der Waals surface area contributed by atoms with Gasteiger partial charge >= 0.3 is 0 Å². The average molecular weight is 515 g/mol. The highest BCUT2D eigenvalue weighted by Gasteiger charge is 2.12. The number of nitrogens with zero attached hydrogens (tertiary/aromatic N) is 3. The monoisotopic (exact) mass is 515 g/mol. The zero-order valence-corrected chi connectivity index (χ0v) is 19.8. The molecule has 2 heterocycles. The van der Waals surface area contributed by atoms with Crippen molar-refractivity contribution in [1.29, 1.82) is 0 Å². The van der Waals surface area contributed by atoms with Crippen LogP contribution in [0.1, 0.15) is 27.9 Å². The van der Waals surface area contributed by atoms with Gasteiger partial charge in [-0.1, -0.05) is 24.3 Å². The predicted molar refractivity (Wildman–Crippen MR) is 126 cm³/mol. The number of nitrogens with one attached hydrogen (secondary N) is 2. The Morgan fingerprint density at radius 3 is 2.64 bits per heavy atom. The Morgan fingerprint density at radius 1 is 1.21 bits per heavy atom. The number of rotatable bonds is 7. The standard InChI is InChI=1S/C20H29N5OS.HI/c1-3-21-20(24-14-19-13-22-16(2)27-19)23-12-17-6-4-5-7-18(17)15-25-8-10-26-11-9-25;/h4-7,13H,3,8-12,14-15H2,1-2H3,(H2,21,23,24);1H. The molecule has 3 rings (SSSR count). The van der Waals surface area contributed by atoms with E-state index in [1.165, 1.54) is 16.0 Å². The minimum absolute atomic E-state index is 0. The first-order valence-corrected chi connectivity index (χ1v) is 10.4. The van der Waals surface area contributed by atoms with Gasteiger partial charge in [0.2, 0.25) is 0 Å². The second kappa shape index (κ2) is 12.4. The molecular formula is C20H30IN5OS. The van der Waals surface area contributed by atoms with Crippen LogP contribution in [0.5, 0.6) is 0 Å². The van der Waals surface area contributed by atoms with E-state index in [2.05, 4.69) is 51.7 Å². The van der Waals surface area contributed by atoms with Gasteiger partial charge in [0.15, 0.2) is 5.96 Å². The van der Waals surface area contributed by atoms with Gasteiger partial charge in [0.1, 0.15) is 0 Å². The van der Waals surface area contributed by atoms with Crippen LogP contribution in [0, 0.1) is 6.92 Å². The molecule has 1 aromatic heterocycles. The SMILES string of the molecule is CCNC(=NCc1ccccc1CN1CCOCC1)NCc1cnc(C)s1.I. The van der Waals surface area contributed by atoms with Crippen LogP contribution in [0.15, 0.2) is 35.5 Å². The quantitative estimate of drug-likeness (QED) is 0.337. The summed E-state index contributed by atoms with van der Waals surface area (Å²) in [6.07, 6.45) is 1.92. The zero-order chi connectivity index (χ0) is 18.9. The molecule has 0 bridgehead atoms. The first-order valence-electron chi connectivity index (χ1n) is 9.55. The molecule has 1 saturated heterocycles. The number of aliphatic imine (C=N–C) groups is 1. The van der Waals surface area contributed by atoms with Crippen LogP contribution in [0.25, 0.3) is 0 Å². The molecule has 0 saturated carbocycles. The van der Waals surface area contributed by atoms with E-state index in [1.807, 2.05) is 13.1 Å². The number of benzene rings is 1. The molecule has 2 aromatic rings. The number of hydrogen-bond donors (Lipinski definition) is 2. The Morgan fingerprint density at radius 2 is 1.96 bits per heavy atom. The summed E-state index contributed by atoms with van der Waals surface area (Å²) >= 11 is 1.71. The molecule has 0 radical (unpaired) electrons. The van der Waals surface area contributed by atoms with Crippen molar-refractivity contribution in [2.45, 2.75) is 33.5 Å². The fraction of sp³-hybridized carbons (Fsp3) is 0.500. The largest absolute Gasteiger partial charge is 0.379 e. The Balaban J connectivity index is 0.00000280. The van der Waals surface area contributed by atoms with Gasteiger partial charge in [0.05, 0.1) is 31.3 Å². The summed E-state index contributed by atoms with van der Waals surface area (Å²) in [5.74, 6) is 0.838. The second-order valence-electron chi connectivity index (χ2n) is 6.55. The zero-order valence-electron chi connectivity index (χ0n) is 16.6. The van der Waals surface area contributed by atoms with Crippen molar-refractivity contribution >= 4 is 41.3 Å². The van der Waals surface area contributed by atoms with Crippen molar-refractivity contribution in [2.75, 3.05) is 32.8 Å². The number of guanidine groups is 1. The molecule has 28 heavy (non-hydrogen) atoms. The van der Waals surface area contributed by atoms with Crippen molar-refractivity contribution < 1.29 is 4.74 Å². The number of halogens is 1. The molecule has 154 valence electrons. The summed E-state index contributed by atoms with van der Waals surface area (Å²) in [6.45, 7) is 11.0. The van der Waals surface area contributed by atoms with E-state index < -0.39 is 0 Å². The molecule has 0 aliphatic carbocycles. The lowest BCUT2D eigenvalue weighted by Gasteiger charge is -2.27. The molecule has 1 aromatic carbocycles. The minimum Gasteiger partial charge on any atom is -0.379 e. The smallest absolute Gasteiger partial charge is 0.191 e. The summed E-state index contributed by atoms with van der Waals surface area (Å²) in [6, 6.07) is 8.59. The van der Waals surface area contributed by atoms with Crippen LogP contribution in [-0.2, 0) is 24.4 Å². The molecule has 0 unspecified atom stereocenters. The molecule has 6 nitrogen and oxygen atoms in total. The number of aromatic nitrogens is 1. The van der Waals surface area contributed by atoms with Crippen molar-refractivity contribution in [3.8, 4) is 0 Å². The van der Waals surface area contributed by atoms with Gasteiger partial charge < -0.3 is 15.4 Å². The fourth-order valence-electron chi connectivity index (χ4n) is 3.03. The van der Waals surface area contributed by atoms with E-state index in [4.69, 9.17) is 9.73 Å². The maximum atomic E-state index is 5.45. The van der Waals surface area contributed by atoms with Crippen molar-refractivity contribution in [3.63, 3.8) is 0 Å². The normalized spacial score (nSPS) is 15.1. The molecule has 1 aliphatic heterocycles. The summed E-state index contributed by atoms with van der Waals surface area (Å²) in [4.78, 5) is 12.8. The van der Waals surface area contributed by atoms with E-state index in [0.717, 1.165) is 56.9 Å². The maximum Gasteiger partial charge on any atom is 0.191 e. The third-order valence-electron chi connectivity index (χ3n) is 4.47. The molecule has 0 atom stereocenters. The average Bonchev–Trinajstić information content (AvgIpc) is 3.11. The van der Waals surface area contributed by atoms with E-state index >= 15 is 0 Å². The van der Waals surface area contributed by atoms with Gasteiger partial charge in [-0.15, -0.1) is 35.3 Å². The number of ether oxygens (including phenoxy) is 1. The number of thiazole rings is 1. The number of morpholine rings is 1. The van der Waals surface area contributed by atoms with Gasteiger partial charge in [0.25, 0.3) is 0 Å². The Labute approximate surface area is 188 Å². The molecule has 1 fully saturated rings. The van der Waals surface area contributed by atoms with Crippen LogP contribution in [0.2, 0.25) is 0 Å². The number of aryl methyl sites for hydroxylation is 1. The van der Waals surface area contributed by atoms with E-state index in [9.17, 15) is 0 Å². The molecule has 8 heteroatoms. The van der Waals surface area contributed by atoms with Crippen molar-refractivity contribution in [1.82, 2.24) is 20.5 Å². The van der Waals surface area contributed by atoms with E-state index in [0.29, 0.717) is 6.54 Å². The molecule has 0 amide bonds. The molecule has 1 aliphatic rings. The van der Waals surface area contributed by atoms with Crippen LogP contribution in [-0.4, -0.2) is 48.7 Å². The lowest BCUT2D eigenvalue weighted by Crippen LogP contribution is -2.37. The topological polar surface area (TPSA) is 61.8 Å². The van der Waals surface area contributed by atoms with Crippen LogP contribution in [0.3, 0.4) is 0 Å². The fourth-order valence-corrected chi connectivity index (χ4v) is 3.76. The molecule has 2 N–H and O–H groups in total. The van der Waals surface area contributed by atoms with Crippen LogP contribution >= 0.6 is 35.3 Å². The van der Waals surface area contributed by atoms with Crippen molar-refractivity contribution in [3.05, 3.63) is 51.5 Å². The predicted octanol–water partition coefficient (Wildman–Crippen LogP) is 3.16. The third-order valence-corrected chi connectivity index (χ3v) is 5.38. The summed E-state index contributed by atoms with van der Waals surface area (Å²) < 4.78 is 5.45. The highest BCUT2D eigenvalue weighted by Crippen LogP contribution is 2.14. The van der Waals surface area contributed by atoms with Gasteiger partial charge in [-0.2, -0.15) is 0 Å². The lowest BCUT2D eigenvalue weighted by molar-refractivity contribution is 0.0341. The summed E-state index contributed by atoms with van der Waals surface area (Å²) in [5.41, 5.74) is 2.62. The van der Waals surface area contributed by atoms with Gasteiger partial charge in [-0.25, -0.2) is 9.98 Å². The number of hydrogen-bond acceptors (Lipinski definition) is 5. The third kappa shape index (κ3) is 7.31. The van der Waals surface area contributed by atoms with Crippen molar-refractivity contribution in [2.24, 2.45) is 4.99 Å². The highest BCUT2D eigenvalue weighted by atomic mass is 127. The second-order valence-corrected chi connectivity index (χ2v) is 7.87. The first kappa shape index (κ1) is 23.1.